The van der Waals surface area contributed by atoms with Crippen molar-refractivity contribution >= 4 is 46.8 Å². The Morgan fingerprint density at radius 1 is 1.26 bits per heavy atom. The summed E-state index contributed by atoms with van der Waals surface area (Å²) in [6, 6.07) is 10.3. The van der Waals surface area contributed by atoms with Crippen LogP contribution in [0, 0.1) is 0 Å². The highest BCUT2D eigenvalue weighted by Crippen LogP contribution is 2.23. The molecule has 0 unspecified atom stereocenters. The Bertz CT molecular complexity index is 754. The number of thiophene rings is 1. The smallest absolute Gasteiger partial charge is 0.414 e. The van der Waals surface area contributed by atoms with E-state index in [1.807, 2.05) is 6.07 Å². The molecular formula is C16H12ClNO4S. The van der Waals surface area contributed by atoms with E-state index >= 15 is 0 Å². The summed E-state index contributed by atoms with van der Waals surface area (Å²) >= 11 is 7.19. The summed E-state index contributed by atoms with van der Waals surface area (Å²) < 4.78 is 10.7. The molecule has 2 heterocycles. The van der Waals surface area contributed by atoms with Gasteiger partial charge in [0.25, 0.3) is 0 Å². The Labute approximate surface area is 141 Å². The number of carbonyl (C=O) groups excluding carboxylic acids is 2. The standard InChI is InChI=1S/C16H12ClNO4S/c17-14-7-5-13(23-14)6-8-15(19)22-12-3-1-11(2-4-12)18-9-10-21-16(18)20/h1-8H,9-10H2/b8-6+. The third kappa shape index (κ3) is 3.91. The molecule has 2 aromatic rings. The summed E-state index contributed by atoms with van der Waals surface area (Å²) in [4.78, 5) is 25.6. The maximum atomic E-state index is 11.8. The average Bonchev–Trinajstić information content (AvgIpc) is 3.14. The number of esters is 1. The molecule has 0 aliphatic carbocycles. The highest BCUT2D eigenvalue weighted by Gasteiger charge is 2.23. The van der Waals surface area contributed by atoms with E-state index in [1.165, 1.54) is 22.3 Å². The van der Waals surface area contributed by atoms with Gasteiger partial charge >= 0.3 is 12.1 Å². The largest absolute Gasteiger partial charge is 0.447 e. The topological polar surface area (TPSA) is 55.8 Å². The number of hydrogen-bond donors (Lipinski definition) is 0. The summed E-state index contributed by atoms with van der Waals surface area (Å²) in [7, 11) is 0. The maximum Gasteiger partial charge on any atom is 0.414 e. The van der Waals surface area contributed by atoms with Gasteiger partial charge in [0.1, 0.15) is 12.4 Å². The quantitative estimate of drug-likeness (QED) is 0.476. The number of benzene rings is 1. The van der Waals surface area contributed by atoms with Gasteiger partial charge in [0.2, 0.25) is 0 Å². The molecule has 0 radical (unpaired) electrons. The van der Waals surface area contributed by atoms with E-state index in [9.17, 15) is 9.59 Å². The lowest BCUT2D eigenvalue weighted by Crippen LogP contribution is -2.23. The summed E-state index contributed by atoms with van der Waals surface area (Å²) in [6.07, 6.45) is 2.62. The van der Waals surface area contributed by atoms with Gasteiger partial charge in [-0.3, -0.25) is 4.90 Å². The zero-order valence-corrected chi connectivity index (χ0v) is 13.5. The van der Waals surface area contributed by atoms with E-state index in [4.69, 9.17) is 21.1 Å². The van der Waals surface area contributed by atoms with Gasteiger partial charge in [-0.05, 0) is 42.5 Å². The van der Waals surface area contributed by atoms with Crippen LogP contribution in [0.2, 0.25) is 4.34 Å². The SMILES string of the molecule is O=C(/C=C/c1ccc(Cl)s1)Oc1ccc(N2CCOC2=O)cc1. The molecule has 23 heavy (non-hydrogen) atoms. The fourth-order valence-electron chi connectivity index (χ4n) is 2.04. The normalized spacial score (nSPS) is 14.3. The molecule has 0 bridgehead atoms. The predicted octanol–water partition coefficient (Wildman–Crippen LogP) is 3.98. The van der Waals surface area contributed by atoms with Crippen LogP contribution >= 0.6 is 22.9 Å². The molecule has 0 atom stereocenters. The van der Waals surface area contributed by atoms with Gasteiger partial charge in [0.05, 0.1) is 10.9 Å². The molecule has 1 aliphatic rings. The van der Waals surface area contributed by atoms with Gasteiger partial charge in [-0.15, -0.1) is 11.3 Å². The number of anilines is 1. The molecule has 0 spiro atoms. The monoisotopic (exact) mass is 349 g/mol. The van der Waals surface area contributed by atoms with E-state index in [-0.39, 0.29) is 6.09 Å². The minimum absolute atomic E-state index is 0.368. The second kappa shape index (κ2) is 6.85. The number of nitrogens with zero attached hydrogens (tertiary/aromatic N) is 1. The van der Waals surface area contributed by atoms with Crippen molar-refractivity contribution in [2.24, 2.45) is 0 Å². The first-order chi connectivity index (χ1) is 11.1. The number of amides is 1. The Morgan fingerprint density at radius 3 is 2.65 bits per heavy atom. The molecule has 1 aromatic heterocycles. The predicted molar refractivity (Wildman–Crippen MR) is 89.1 cm³/mol. The summed E-state index contributed by atoms with van der Waals surface area (Å²) in [6.45, 7) is 0.900. The van der Waals surface area contributed by atoms with Crippen LogP contribution in [0.4, 0.5) is 10.5 Å². The van der Waals surface area contributed by atoms with E-state index in [2.05, 4.69) is 0 Å². The molecule has 0 saturated carbocycles. The number of cyclic esters (lactones) is 1. The molecule has 1 saturated heterocycles. The molecule has 118 valence electrons. The van der Waals surface area contributed by atoms with Crippen molar-refractivity contribution in [2.45, 2.75) is 0 Å². The Morgan fingerprint density at radius 2 is 2.04 bits per heavy atom. The lowest BCUT2D eigenvalue weighted by Gasteiger charge is -2.12. The van der Waals surface area contributed by atoms with Crippen LogP contribution in [-0.2, 0) is 9.53 Å². The summed E-state index contributed by atoms with van der Waals surface area (Å²) in [5.74, 6) is -0.0805. The number of halogens is 1. The van der Waals surface area contributed by atoms with E-state index in [0.717, 1.165) is 4.88 Å². The second-order valence-electron chi connectivity index (χ2n) is 4.66. The fourth-order valence-corrected chi connectivity index (χ4v) is 3.00. The Kier molecular flexibility index (Phi) is 4.64. The van der Waals surface area contributed by atoms with Gasteiger partial charge < -0.3 is 9.47 Å². The lowest BCUT2D eigenvalue weighted by atomic mass is 10.3. The molecule has 1 amide bonds. The van der Waals surface area contributed by atoms with Gasteiger partial charge in [0, 0.05) is 16.6 Å². The summed E-state index contributed by atoms with van der Waals surface area (Å²) in [5, 5.41) is 0. The fraction of sp³-hybridized carbons (Fsp3) is 0.125. The van der Waals surface area contributed by atoms with Crippen molar-refractivity contribution in [3.8, 4) is 5.75 Å². The van der Waals surface area contributed by atoms with Gasteiger partial charge in [-0.2, -0.15) is 0 Å². The first-order valence-electron chi connectivity index (χ1n) is 6.81. The van der Waals surface area contributed by atoms with Crippen molar-refractivity contribution < 1.29 is 19.1 Å². The van der Waals surface area contributed by atoms with Crippen LogP contribution in [0.25, 0.3) is 6.08 Å². The molecule has 7 heteroatoms. The highest BCUT2D eigenvalue weighted by molar-refractivity contribution is 7.17. The third-order valence-corrected chi connectivity index (χ3v) is 4.30. The van der Waals surface area contributed by atoms with Crippen LogP contribution < -0.4 is 9.64 Å². The van der Waals surface area contributed by atoms with Crippen LogP contribution in [0.5, 0.6) is 5.75 Å². The van der Waals surface area contributed by atoms with Crippen molar-refractivity contribution in [1.29, 1.82) is 0 Å². The Hall–Kier alpha value is -2.31. The summed E-state index contributed by atoms with van der Waals surface area (Å²) in [5.41, 5.74) is 0.705. The molecule has 1 aromatic carbocycles. The van der Waals surface area contributed by atoms with Crippen molar-refractivity contribution in [3.63, 3.8) is 0 Å². The first-order valence-corrected chi connectivity index (χ1v) is 8.01. The minimum Gasteiger partial charge on any atom is -0.447 e. The van der Waals surface area contributed by atoms with Gasteiger partial charge in [-0.25, -0.2) is 9.59 Å². The molecule has 0 N–H and O–H groups in total. The highest BCUT2D eigenvalue weighted by atomic mass is 35.5. The average molecular weight is 350 g/mol. The number of ether oxygens (including phenoxy) is 2. The zero-order chi connectivity index (χ0) is 16.2. The number of carbonyl (C=O) groups is 2. The van der Waals surface area contributed by atoms with Crippen molar-refractivity contribution in [3.05, 3.63) is 51.7 Å². The van der Waals surface area contributed by atoms with Gasteiger partial charge in [0.15, 0.2) is 0 Å². The molecule has 1 fully saturated rings. The number of hydrogen-bond acceptors (Lipinski definition) is 5. The van der Waals surface area contributed by atoms with Crippen LogP contribution in [-0.4, -0.2) is 25.2 Å². The van der Waals surface area contributed by atoms with E-state index in [0.29, 0.717) is 28.9 Å². The van der Waals surface area contributed by atoms with Gasteiger partial charge in [-0.1, -0.05) is 11.6 Å². The van der Waals surface area contributed by atoms with Crippen molar-refractivity contribution in [1.82, 2.24) is 0 Å². The lowest BCUT2D eigenvalue weighted by molar-refractivity contribution is -0.128. The van der Waals surface area contributed by atoms with E-state index in [1.54, 1.807) is 36.4 Å². The van der Waals surface area contributed by atoms with Crippen molar-refractivity contribution in [2.75, 3.05) is 18.1 Å². The zero-order valence-electron chi connectivity index (χ0n) is 11.9. The third-order valence-electron chi connectivity index (χ3n) is 3.11. The molecule has 3 rings (SSSR count). The van der Waals surface area contributed by atoms with Crippen LogP contribution in [0.3, 0.4) is 0 Å². The molecule has 1 aliphatic heterocycles. The second-order valence-corrected chi connectivity index (χ2v) is 6.40. The molecular weight excluding hydrogens is 338 g/mol. The maximum absolute atomic E-state index is 11.8. The van der Waals surface area contributed by atoms with Crippen LogP contribution in [0.15, 0.2) is 42.5 Å². The van der Waals surface area contributed by atoms with Crippen LogP contribution in [0.1, 0.15) is 4.88 Å². The number of rotatable bonds is 4. The molecule has 5 nitrogen and oxygen atoms in total. The Balaban J connectivity index is 1.60. The van der Waals surface area contributed by atoms with E-state index < -0.39 is 5.97 Å². The first kappa shape index (κ1) is 15.6. The minimum atomic E-state index is -0.483.